The third-order valence-corrected chi connectivity index (χ3v) is 5.42. The minimum atomic E-state index is -0.788. The second kappa shape index (κ2) is 8.70. The van der Waals surface area contributed by atoms with Crippen LogP contribution in [0.2, 0.25) is 0 Å². The molecule has 0 aromatic heterocycles. The fraction of sp³-hybridized carbons (Fsp3) is 0.636. The van der Waals surface area contributed by atoms with Gasteiger partial charge >= 0.3 is 11.9 Å². The van der Waals surface area contributed by atoms with E-state index in [9.17, 15) is 9.59 Å². The summed E-state index contributed by atoms with van der Waals surface area (Å²) in [5.74, 6) is -0.169. The molecular formula is C22H32O4. The van der Waals surface area contributed by atoms with Gasteiger partial charge in [0.1, 0.15) is 11.7 Å². The fourth-order valence-electron chi connectivity index (χ4n) is 3.60. The van der Waals surface area contributed by atoms with Crippen molar-refractivity contribution in [1.29, 1.82) is 0 Å². The van der Waals surface area contributed by atoms with E-state index in [4.69, 9.17) is 9.47 Å². The highest BCUT2D eigenvalue weighted by Crippen LogP contribution is 2.34. The van der Waals surface area contributed by atoms with Crippen molar-refractivity contribution in [3.8, 4) is 0 Å². The summed E-state index contributed by atoms with van der Waals surface area (Å²) in [5, 5.41) is 0. The smallest absolute Gasteiger partial charge is 0.334 e. The molecule has 26 heavy (non-hydrogen) atoms. The SMILES string of the molecule is CC(=O)O[C@@H]1CC/C(C)=C\C=C(\C(C)C)CCC2=CCC[C@]1(C)OC2=O. The summed E-state index contributed by atoms with van der Waals surface area (Å²) in [4.78, 5) is 24.3. The van der Waals surface area contributed by atoms with Crippen molar-refractivity contribution >= 4 is 11.9 Å². The minimum absolute atomic E-state index is 0.269. The maximum absolute atomic E-state index is 12.7. The Balaban J connectivity index is 2.38. The monoisotopic (exact) mass is 360 g/mol. The number of carbonyl (C=O) groups excluding carboxylic acids is 2. The number of allylic oxidation sites excluding steroid dienone is 5. The number of fused-ring (bicyclic) bond motifs is 3. The van der Waals surface area contributed by atoms with E-state index < -0.39 is 11.7 Å². The van der Waals surface area contributed by atoms with E-state index in [0.717, 1.165) is 24.8 Å². The Hall–Kier alpha value is -1.84. The second-order valence-corrected chi connectivity index (χ2v) is 8.02. The summed E-state index contributed by atoms with van der Waals surface area (Å²) < 4.78 is 11.5. The van der Waals surface area contributed by atoms with Gasteiger partial charge in [-0.2, -0.15) is 0 Å². The van der Waals surface area contributed by atoms with E-state index in [1.54, 1.807) is 0 Å². The molecule has 0 fully saturated rings. The van der Waals surface area contributed by atoms with E-state index in [1.807, 2.05) is 13.0 Å². The molecule has 0 spiro atoms. The van der Waals surface area contributed by atoms with Crippen molar-refractivity contribution in [2.45, 2.75) is 84.8 Å². The largest absolute Gasteiger partial charge is 0.458 e. The Morgan fingerprint density at radius 1 is 1.27 bits per heavy atom. The summed E-state index contributed by atoms with van der Waals surface area (Å²) in [6, 6.07) is 0. The molecule has 2 bridgehead atoms. The van der Waals surface area contributed by atoms with Crippen molar-refractivity contribution in [2.75, 3.05) is 0 Å². The summed E-state index contributed by atoms with van der Waals surface area (Å²) in [6.45, 7) is 9.76. The first kappa shape index (κ1) is 20.5. The lowest BCUT2D eigenvalue weighted by atomic mass is 9.88. The van der Waals surface area contributed by atoms with Gasteiger partial charge in [0.15, 0.2) is 0 Å². The van der Waals surface area contributed by atoms with E-state index in [1.165, 1.54) is 18.1 Å². The molecular weight excluding hydrogens is 328 g/mol. The zero-order valence-electron chi connectivity index (χ0n) is 16.8. The number of carbonyl (C=O) groups is 2. The average molecular weight is 360 g/mol. The lowest BCUT2D eigenvalue weighted by molar-refractivity contribution is -0.181. The molecule has 2 aliphatic rings. The van der Waals surface area contributed by atoms with E-state index in [-0.39, 0.29) is 11.9 Å². The molecule has 2 aliphatic heterocycles. The van der Waals surface area contributed by atoms with Crippen LogP contribution in [0.15, 0.2) is 34.9 Å². The van der Waals surface area contributed by atoms with Crippen LogP contribution in [0.3, 0.4) is 0 Å². The molecule has 144 valence electrons. The molecule has 0 unspecified atom stereocenters. The maximum Gasteiger partial charge on any atom is 0.334 e. The lowest BCUT2D eigenvalue weighted by Gasteiger charge is -2.35. The van der Waals surface area contributed by atoms with Crippen LogP contribution in [0.5, 0.6) is 0 Å². The first-order chi connectivity index (χ1) is 12.2. The van der Waals surface area contributed by atoms with Gasteiger partial charge in [-0.1, -0.05) is 43.2 Å². The van der Waals surface area contributed by atoms with Gasteiger partial charge in [0.05, 0.1) is 0 Å². The van der Waals surface area contributed by atoms with Gasteiger partial charge < -0.3 is 9.47 Å². The van der Waals surface area contributed by atoms with Gasteiger partial charge in [-0.3, -0.25) is 4.79 Å². The van der Waals surface area contributed by atoms with E-state index >= 15 is 0 Å². The zero-order valence-corrected chi connectivity index (χ0v) is 16.8. The van der Waals surface area contributed by atoms with Gasteiger partial charge in [0.2, 0.25) is 0 Å². The molecule has 0 amide bonds. The lowest BCUT2D eigenvalue weighted by Crippen LogP contribution is -2.45. The van der Waals surface area contributed by atoms with Crippen molar-refractivity contribution in [3.63, 3.8) is 0 Å². The molecule has 4 heteroatoms. The number of rotatable bonds is 2. The first-order valence-electron chi connectivity index (χ1n) is 9.67. The van der Waals surface area contributed by atoms with Gasteiger partial charge in [0, 0.05) is 12.5 Å². The first-order valence-corrected chi connectivity index (χ1v) is 9.67. The predicted molar refractivity (Wildman–Crippen MR) is 103 cm³/mol. The Bertz CT molecular complexity index is 639. The Kier molecular flexibility index (Phi) is 6.85. The predicted octanol–water partition coefficient (Wildman–Crippen LogP) is 5.04. The molecule has 0 radical (unpaired) electrons. The van der Waals surface area contributed by atoms with Crippen molar-refractivity contribution < 1.29 is 19.1 Å². The van der Waals surface area contributed by atoms with Crippen LogP contribution in [0.4, 0.5) is 0 Å². The Morgan fingerprint density at radius 2 is 2.00 bits per heavy atom. The summed E-state index contributed by atoms with van der Waals surface area (Å²) in [5.41, 5.74) is 2.52. The molecule has 0 N–H and O–H groups in total. The fourth-order valence-corrected chi connectivity index (χ4v) is 3.60. The molecule has 2 heterocycles. The standard InChI is InChI=1S/C22H32O4/c1-15(2)18-10-8-16(3)9-13-20(25-17(4)23)22(5)14-6-7-19(12-11-18)21(24)26-22/h7-8,10,15,20H,6,9,11-14H2,1-5H3/b16-8-,18-10+/t20-,22+/m1/s1. The third-order valence-electron chi connectivity index (χ3n) is 5.42. The summed E-state index contributed by atoms with van der Waals surface area (Å²) in [6.07, 6.45) is 10.3. The summed E-state index contributed by atoms with van der Waals surface area (Å²) >= 11 is 0. The Labute approximate surface area is 157 Å². The summed E-state index contributed by atoms with van der Waals surface area (Å²) in [7, 11) is 0. The maximum atomic E-state index is 12.7. The van der Waals surface area contributed by atoms with Crippen LogP contribution in [0.1, 0.15) is 73.1 Å². The average Bonchev–Trinajstić information content (AvgIpc) is 2.68. The topological polar surface area (TPSA) is 52.6 Å². The highest BCUT2D eigenvalue weighted by atomic mass is 16.6. The van der Waals surface area contributed by atoms with E-state index in [0.29, 0.717) is 25.2 Å². The van der Waals surface area contributed by atoms with Gasteiger partial charge in [-0.05, 0) is 58.3 Å². The quantitative estimate of drug-likeness (QED) is 0.647. The minimum Gasteiger partial charge on any atom is -0.458 e. The van der Waals surface area contributed by atoms with Crippen LogP contribution in [0, 0.1) is 5.92 Å². The van der Waals surface area contributed by atoms with Gasteiger partial charge in [-0.25, -0.2) is 4.79 Å². The van der Waals surface area contributed by atoms with Crippen LogP contribution in [-0.4, -0.2) is 23.6 Å². The molecule has 0 aliphatic carbocycles. The number of ether oxygens (including phenoxy) is 2. The number of esters is 2. The van der Waals surface area contributed by atoms with Crippen LogP contribution >= 0.6 is 0 Å². The van der Waals surface area contributed by atoms with Crippen molar-refractivity contribution in [1.82, 2.24) is 0 Å². The highest BCUT2D eigenvalue weighted by molar-refractivity contribution is 5.89. The third kappa shape index (κ3) is 5.33. The van der Waals surface area contributed by atoms with Gasteiger partial charge in [-0.15, -0.1) is 0 Å². The number of hydrogen-bond acceptors (Lipinski definition) is 4. The molecule has 4 nitrogen and oxygen atoms in total. The van der Waals surface area contributed by atoms with Crippen LogP contribution in [0.25, 0.3) is 0 Å². The van der Waals surface area contributed by atoms with E-state index in [2.05, 4.69) is 32.9 Å². The molecule has 0 saturated heterocycles. The molecule has 0 aromatic carbocycles. The van der Waals surface area contributed by atoms with Crippen LogP contribution < -0.4 is 0 Å². The van der Waals surface area contributed by atoms with Crippen molar-refractivity contribution in [3.05, 3.63) is 34.9 Å². The second-order valence-electron chi connectivity index (χ2n) is 8.02. The normalized spacial score (nSPS) is 31.8. The number of hydrogen-bond donors (Lipinski definition) is 0. The highest BCUT2D eigenvalue weighted by Gasteiger charge is 2.41. The molecule has 2 atom stereocenters. The molecule has 0 saturated carbocycles. The Morgan fingerprint density at radius 3 is 2.65 bits per heavy atom. The van der Waals surface area contributed by atoms with Crippen LogP contribution in [-0.2, 0) is 19.1 Å². The van der Waals surface area contributed by atoms with Gasteiger partial charge in [0.25, 0.3) is 0 Å². The van der Waals surface area contributed by atoms with Crippen molar-refractivity contribution in [2.24, 2.45) is 5.92 Å². The molecule has 0 aromatic rings. The molecule has 2 rings (SSSR count). The zero-order chi connectivity index (χ0) is 19.3.